The van der Waals surface area contributed by atoms with Gasteiger partial charge in [0.05, 0.1) is 17.8 Å². The van der Waals surface area contributed by atoms with E-state index in [1.807, 2.05) is 18.2 Å². The lowest BCUT2D eigenvalue weighted by molar-refractivity contribution is -0.133. The fourth-order valence-electron chi connectivity index (χ4n) is 3.14. The van der Waals surface area contributed by atoms with Crippen LogP contribution in [0.15, 0.2) is 48.5 Å². The lowest BCUT2D eigenvalue weighted by Gasteiger charge is -2.22. The second-order valence-corrected chi connectivity index (χ2v) is 7.08. The number of nitrogens with one attached hydrogen (secondary N) is 2. The number of rotatable bonds is 6. The summed E-state index contributed by atoms with van der Waals surface area (Å²) in [5.74, 6) is -0.364. The highest BCUT2D eigenvalue weighted by Crippen LogP contribution is 2.27. The van der Waals surface area contributed by atoms with Gasteiger partial charge in [-0.2, -0.15) is 0 Å². The van der Waals surface area contributed by atoms with E-state index in [0.717, 1.165) is 10.5 Å². The molecule has 0 bridgehead atoms. The highest BCUT2D eigenvalue weighted by molar-refractivity contribution is 6.33. The molecule has 0 spiro atoms. The minimum absolute atomic E-state index is 0.240. The van der Waals surface area contributed by atoms with Crippen molar-refractivity contribution in [3.05, 3.63) is 59.1 Å². The monoisotopic (exact) mass is 401 g/mol. The zero-order chi connectivity index (χ0) is 20.3. The highest BCUT2D eigenvalue weighted by Gasteiger charge is 2.48. The number of hydrogen-bond donors (Lipinski definition) is 2. The third-order valence-electron chi connectivity index (χ3n) is 4.53. The maximum absolute atomic E-state index is 12.9. The van der Waals surface area contributed by atoms with E-state index in [4.69, 9.17) is 16.3 Å². The Bertz CT molecular complexity index is 933. The van der Waals surface area contributed by atoms with Crippen molar-refractivity contribution in [2.24, 2.45) is 0 Å². The number of para-hydroxylation sites is 2. The molecule has 1 heterocycles. The Morgan fingerprint density at radius 2 is 1.86 bits per heavy atom. The van der Waals surface area contributed by atoms with Gasteiger partial charge in [0, 0.05) is 6.42 Å². The van der Waals surface area contributed by atoms with Crippen LogP contribution in [0, 0.1) is 0 Å². The molecule has 1 fully saturated rings. The van der Waals surface area contributed by atoms with Crippen molar-refractivity contribution in [1.29, 1.82) is 0 Å². The SMILES string of the molecule is COc1ccccc1C[C@@]1(C)NC(=O)N(CC(=O)Nc2ccccc2Cl)C1=O. The van der Waals surface area contributed by atoms with E-state index in [1.165, 1.54) is 0 Å². The van der Waals surface area contributed by atoms with E-state index in [2.05, 4.69) is 10.6 Å². The smallest absolute Gasteiger partial charge is 0.325 e. The van der Waals surface area contributed by atoms with Crippen molar-refractivity contribution >= 4 is 35.1 Å². The molecule has 28 heavy (non-hydrogen) atoms. The standard InChI is InChI=1S/C20H20ClN3O4/c1-20(11-13-7-3-6-10-16(13)28-2)18(26)24(19(27)23-20)12-17(25)22-15-9-5-4-8-14(15)21/h3-10H,11-12H2,1-2H3,(H,22,25)(H,23,27)/t20-/m1/s1. The van der Waals surface area contributed by atoms with Crippen LogP contribution in [0.1, 0.15) is 12.5 Å². The predicted molar refractivity (Wildman–Crippen MR) is 105 cm³/mol. The Morgan fingerprint density at radius 3 is 2.57 bits per heavy atom. The molecule has 2 aromatic carbocycles. The number of carbonyl (C=O) groups is 3. The Balaban J connectivity index is 1.72. The molecular weight excluding hydrogens is 382 g/mol. The summed E-state index contributed by atoms with van der Waals surface area (Å²) in [6.45, 7) is 1.23. The Hall–Kier alpha value is -3.06. The summed E-state index contributed by atoms with van der Waals surface area (Å²) in [6.07, 6.45) is 0.240. The molecule has 2 N–H and O–H groups in total. The maximum Gasteiger partial charge on any atom is 0.325 e. The molecule has 0 saturated carbocycles. The molecule has 146 valence electrons. The van der Waals surface area contributed by atoms with Crippen molar-refractivity contribution in [2.75, 3.05) is 19.0 Å². The highest BCUT2D eigenvalue weighted by atomic mass is 35.5. The van der Waals surface area contributed by atoms with Gasteiger partial charge in [0.25, 0.3) is 5.91 Å². The number of ether oxygens (including phenoxy) is 1. The average Bonchev–Trinajstić information content (AvgIpc) is 2.87. The normalized spacial score (nSPS) is 18.8. The fraction of sp³-hybridized carbons (Fsp3) is 0.250. The average molecular weight is 402 g/mol. The van der Waals surface area contributed by atoms with Crippen molar-refractivity contribution in [3.63, 3.8) is 0 Å². The molecule has 0 aliphatic carbocycles. The van der Waals surface area contributed by atoms with Crippen LogP contribution in [0.2, 0.25) is 5.02 Å². The number of halogens is 1. The molecule has 7 nitrogen and oxygen atoms in total. The lowest BCUT2D eigenvalue weighted by Crippen LogP contribution is -2.46. The van der Waals surface area contributed by atoms with Crippen LogP contribution in [0.4, 0.5) is 10.5 Å². The van der Waals surface area contributed by atoms with E-state index in [9.17, 15) is 14.4 Å². The van der Waals surface area contributed by atoms with Crippen LogP contribution >= 0.6 is 11.6 Å². The van der Waals surface area contributed by atoms with Crippen LogP contribution in [0.25, 0.3) is 0 Å². The first-order chi connectivity index (χ1) is 13.3. The number of nitrogens with zero attached hydrogens (tertiary/aromatic N) is 1. The predicted octanol–water partition coefficient (Wildman–Crippen LogP) is 2.84. The Morgan fingerprint density at radius 1 is 1.18 bits per heavy atom. The summed E-state index contributed by atoms with van der Waals surface area (Å²) in [7, 11) is 1.54. The first kappa shape index (κ1) is 19.7. The summed E-state index contributed by atoms with van der Waals surface area (Å²) in [4.78, 5) is 38.5. The summed E-state index contributed by atoms with van der Waals surface area (Å²) in [5, 5.41) is 5.66. The van der Waals surface area contributed by atoms with Crippen molar-refractivity contribution < 1.29 is 19.1 Å². The van der Waals surface area contributed by atoms with Crippen molar-refractivity contribution in [2.45, 2.75) is 18.9 Å². The Labute approximate surface area is 167 Å². The van der Waals surface area contributed by atoms with Crippen LogP contribution in [0.5, 0.6) is 5.75 Å². The molecule has 2 aromatic rings. The van der Waals surface area contributed by atoms with E-state index >= 15 is 0 Å². The minimum atomic E-state index is -1.17. The van der Waals surface area contributed by atoms with Crippen LogP contribution in [0.3, 0.4) is 0 Å². The number of urea groups is 1. The van der Waals surface area contributed by atoms with Crippen LogP contribution < -0.4 is 15.4 Å². The van der Waals surface area contributed by atoms with Gasteiger partial charge in [-0.05, 0) is 30.7 Å². The number of anilines is 1. The number of hydrogen-bond acceptors (Lipinski definition) is 4. The number of benzene rings is 2. The van der Waals surface area contributed by atoms with Crippen LogP contribution in [-0.4, -0.2) is 41.9 Å². The third kappa shape index (κ3) is 3.94. The second kappa shape index (κ2) is 7.90. The van der Waals surface area contributed by atoms with Gasteiger partial charge < -0.3 is 15.4 Å². The largest absolute Gasteiger partial charge is 0.496 e. The van der Waals surface area contributed by atoms with E-state index in [1.54, 1.807) is 44.4 Å². The summed E-state index contributed by atoms with van der Waals surface area (Å²) >= 11 is 6.02. The van der Waals surface area contributed by atoms with Gasteiger partial charge in [0.15, 0.2) is 0 Å². The molecule has 4 amide bonds. The molecule has 8 heteroatoms. The molecule has 1 aliphatic rings. The second-order valence-electron chi connectivity index (χ2n) is 6.67. The fourth-order valence-corrected chi connectivity index (χ4v) is 3.32. The first-order valence-corrected chi connectivity index (χ1v) is 9.02. The third-order valence-corrected chi connectivity index (χ3v) is 4.86. The molecule has 1 aliphatic heterocycles. The first-order valence-electron chi connectivity index (χ1n) is 8.64. The van der Waals surface area contributed by atoms with Crippen LogP contribution in [-0.2, 0) is 16.0 Å². The lowest BCUT2D eigenvalue weighted by atomic mass is 9.92. The van der Waals surface area contributed by atoms with Gasteiger partial charge in [-0.25, -0.2) is 4.79 Å². The van der Waals surface area contributed by atoms with Gasteiger partial charge in [0.2, 0.25) is 5.91 Å². The summed E-state index contributed by atoms with van der Waals surface area (Å²) in [6, 6.07) is 13.4. The van der Waals surface area contributed by atoms with Gasteiger partial charge >= 0.3 is 6.03 Å². The van der Waals surface area contributed by atoms with Crippen molar-refractivity contribution in [3.8, 4) is 5.75 Å². The van der Waals surface area contributed by atoms with E-state index in [-0.39, 0.29) is 6.42 Å². The molecule has 0 unspecified atom stereocenters. The molecule has 0 aromatic heterocycles. The number of imide groups is 1. The number of methoxy groups -OCH3 is 1. The van der Waals surface area contributed by atoms with Gasteiger partial charge in [0.1, 0.15) is 17.8 Å². The molecule has 3 rings (SSSR count). The Kier molecular flexibility index (Phi) is 5.56. The van der Waals surface area contributed by atoms with E-state index < -0.39 is 29.9 Å². The van der Waals surface area contributed by atoms with Gasteiger partial charge in [-0.3, -0.25) is 14.5 Å². The molecular formula is C20H20ClN3O4. The van der Waals surface area contributed by atoms with Gasteiger partial charge in [-0.1, -0.05) is 41.9 Å². The quantitative estimate of drug-likeness (QED) is 0.728. The number of carbonyl (C=O) groups excluding carboxylic acids is 3. The minimum Gasteiger partial charge on any atom is -0.496 e. The molecule has 1 atom stereocenters. The zero-order valence-electron chi connectivity index (χ0n) is 15.5. The molecule has 0 radical (unpaired) electrons. The van der Waals surface area contributed by atoms with Gasteiger partial charge in [-0.15, -0.1) is 0 Å². The van der Waals surface area contributed by atoms with E-state index in [0.29, 0.717) is 16.5 Å². The number of amides is 4. The van der Waals surface area contributed by atoms with Crippen molar-refractivity contribution in [1.82, 2.24) is 10.2 Å². The summed E-state index contributed by atoms with van der Waals surface area (Å²) < 4.78 is 5.32. The molecule has 1 saturated heterocycles. The zero-order valence-corrected chi connectivity index (χ0v) is 16.2. The summed E-state index contributed by atoms with van der Waals surface area (Å²) in [5.41, 5.74) is 0.0256. The maximum atomic E-state index is 12.9. The topological polar surface area (TPSA) is 87.7 Å².